The van der Waals surface area contributed by atoms with Crippen molar-refractivity contribution in [3.8, 4) is 16.9 Å². The Morgan fingerprint density at radius 2 is 1.53 bits per heavy atom. The molecule has 6 rings (SSSR count). The molecule has 0 aliphatic carbocycles. The smallest absolute Gasteiger partial charge is 0.252 e. The Labute approximate surface area is 289 Å². The van der Waals surface area contributed by atoms with Crippen LogP contribution in [0.2, 0.25) is 5.02 Å². The van der Waals surface area contributed by atoms with Crippen LogP contribution in [0.4, 0.5) is 5.69 Å². The van der Waals surface area contributed by atoms with Gasteiger partial charge in [0.05, 0.1) is 6.61 Å². The van der Waals surface area contributed by atoms with Crippen molar-refractivity contribution in [2.75, 3.05) is 13.2 Å². The molecule has 1 heterocycles. The average Bonchev–Trinajstić information content (AvgIpc) is 3.53. The van der Waals surface area contributed by atoms with E-state index in [-0.39, 0.29) is 31.4 Å². The van der Waals surface area contributed by atoms with Gasteiger partial charge in [0.25, 0.3) is 5.91 Å². The summed E-state index contributed by atoms with van der Waals surface area (Å²) >= 11 is 6.46. The summed E-state index contributed by atoms with van der Waals surface area (Å²) in [7, 11) is 0. The molecule has 0 saturated carbocycles. The van der Waals surface area contributed by atoms with Gasteiger partial charge in [0.2, 0.25) is 5.90 Å². The first-order chi connectivity index (χ1) is 24.0. The molecule has 1 aliphatic heterocycles. The molecule has 246 valence electrons. The number of carbonyl (C=O) groups is 1. The molecule has 1 aliphatic rings. The molecule has 10 heteroatoms. The number of halogens is 1. The number of aliphatic hydroxyl groups excluding tert-OH is 1. The lowest BCUT2D eigenvalue weighted by molar-refractivity contribution is -0.129. The quantitative estimate of drug-likeness (QED) is 0.0562. The molecule has 9 nitrogen and oxygen atoms in total. The second kappa shape index (κ2) is 15.5. The SMILES string of the molecule is [N-]=[N+]=Nc1ccccc1C[C@@]1(C(=O)NCc2ccccc2Cl)N=C(c2ccc(OCCCO)cc2)O[C@@H]1c1ccc(-c2ccccc2)cc1. The first-order valence-electron chi connectivity index (χ1n) is 15.9. The lowest BCUT2D eigenvalue weighted by Gasteiger charge is -2.31. The van der Waals surface area contributed by atoms with Gasteiger partial charge in [-0.2, -0.15) is 0 Å². The predicted molar refractivity (Wildman–Crippen MR) is 191 cm³/mol. The van der Waals surface area contributed by atoms with Crippen molar-refractivity contribution in [1.29, 1.82) is 0 Å². The lowest BCUT2D eigenvalue weighted by atomic mass is 9.81. The van der Waals surface area contributed by atoms with Crippen molar-refractivity contribution in [1.82, 2.24) is 5.32 Å². The molecule has 0 unspecified atom stereocenters. The van der Waals surface area contributed by atoms with E-state index < -0.39 is 11.6 Å². The Morgan fingerprint density at radius 3 is 2.24 bits per heavy atom. The predicted octanol–water partition coefficient (Wildman–Crippen LogP) is 8.53. The monoisotopic (exact) mass is 671 g/mol. The molecule has 0 spiro atoms. The minimum absolute atomic E-state index is 0.0415. The van der Waals surface area contributed by atoms with E-state index in [2.05, 4.69) is 15.3 Å². The number of aliphatic hydroxyl groups is 1. The number of hydrogen-bond donors (Lipinski definition) is 2. The third-order valence-electron chi connectivity index (χ3n) is 8.35. The zero-order chi connectivity index (χ0) is 34.1. The number of carbonyl (C=O) groups excluding carboxylic acids is 1. The highest BCUT2D eigenvalue weighted by Crippen LogP contribution is 2.44. The van der Waals surface area contributed by atoms with Gasteiger partial charge in [0.1, 0.15) is 5.75 Å². The average molecular weight is 672 g/mol. The molecule has 0 fully saturated rings. The van der Waals surface area contributed by atoms with Crippen molar-refractivity contribution < 1.29 is 19.4 Å². The van der Waals surface area contributed by atoms with Gasteiger partial charge >= 0.3 is 0 Å². The number of aliphatic imine (C=N–C) groups is 1. The Balaban J connectivity index is 1.44. The maximum atomic E-state index is 14.7. The maximum Gasteiger partial charge on any atom is 0.252 e. The van der Waals surface area contributed by atoms with Crippen molar-refractivity contribution >= 4 is 29.1 Å². The number of amides is 1. The summed E-state index contributed by atoms with van der Waals surface area (Å²) in [4.78, 5) is 22.8. The molecule has 5 aromatic rings. The fourth-order valence-corrected chi connectivity index (χ4v) is 6.03. The van der Waals surface area contributed by atoms with E-state index in [0.717, 1.165) is 22.3 Å². The lowest BCUT2D eigenvalue weighted by Crippen LogP contribution is -2.49. The zero-order valence-corrected chi connectivity index (χ0v) is 27.3. The fourth-order valence-electron chi connectivity index (χ4n) is 5.83. The van der Waals surface area contributed by atoms with Gasteiger partial charge in [0.15, 0.2) is 11.6 Å². The highest BCUT2D eigenvalue weighted by molar-refractivity contribution is 6.31. The summed E-state index contributed by atoms with van der Waals surface area (Å²) in [6.07, 6.45) is -0.253. The van der Waals surface area contributed by atoms with E-state index in [1.165, 1.54) is 0 Å². The van der Waals surface area contributed by atoms with E-state index in [0.29, 0.717) is 40.6 Å². The molecule has 5 aromatic carbocycles. The summed E-state index contributed by atoms with van der Waals surface area (Å²) in [6, 6.07) is 39.7. The van der Waals surface area contributed by atoms with Gasteiger partial charge in [-0.05, 0) is 63.7 Å². The van der Waals surface area contributed by atoms with E-state index in [1.807, 2.05) is 97.1 Å². The highest BCUT2D eigenvalue weighted by Gasteiger charge is 2.53. The number of nitrogens with zero attached hydrogens (tertiary/aromatic N) is 4. The van der Waals surface area contributed by atoms with Gasteiger partial charge < -0.3 is 19.9 Å². The minimum Gasteiger partial charge on any atom is -0.494 e. The van der Waals surface area contributed by atoms with Crippen LogP contribution in [0, 0.1) is 0 Å². The van der Waals surface area contributed by atoms with Crippen LogP contribution in [-0.2, 0) is 22.5 Å². The number of hydrogen-bond acceptors (Lipinski definition) is 6. The number of ether oxygens (including phenoxy) is 2. The van der Waals surface area contributed by atoms with Crippen LogP contribution < -0.4 is 10.1 Å². The molecular weight excluding hydrogens is 638 g/mol. The first kappa shape index (κ1) is 33.3. The molecule has 1 amide bonds. The molecule has 0 saturated heterocycles. The number of nitrogens with one attached hydrogen (secondary N) is 1. The molecule has 0 radical (unpaired) electrons. The van der Waals surface area contributed by atoms with Gasteiger partial charge in [-0.25, -0.2) is 4.99 Å². The minimum atomic E-state index is -1.51. The molecule has 0 aromatic heterocycles. The van der Waals surface area contributed by atoms with Crippen molar-refractivity contribution in [3.63, 3.8) is 0 Å². The highest BCUT2D eigenvalue weighted by atomic mass is 35.5. The first-order valence-corrected chi connectivity index (χ1v) is 16.3. The summed E-state index contributed by atoms with van der Waals surface area (Å²) in [5.41, 5.74) is 13.1. The van der Waals surface area contributed by atoms with Crippen LogP contribution in [0.25, 0.3) is 21.6 Å². The topological polar surface area (TPSA) is 129 Å². The second-order valence-corrected chi connectivity index (χ2v) is 12.0. The van der Waals surface area contributed by atoms with Crippen LogP contribution >= 0.6 is 11.6 Å². The summed E-state index contributed by atoms with van der Waals surface area (Å²) in [5.74, 6) is 0.545. The number of rotatable bonds is 13. The molecule has 0 bridgehead atoms. The van der Waals surface area contributed by atoms with Crippen molar-refractivity contribution in [2.24, 2.45) is 10.1 Å². The third-order valence-corrected chi connectivity index (χ3v) is 8.72. The van der Waals surface area contributed by atoms with Crippen molar-refractivity contribution in [2.45, 2.75) is 31.0 Å². The Bertz CT molecular complexity index is 1980. The molecule has 49 heavy (non-hydrogen) atoms. The summed E-state index contributed by atoms with van der Waals surface area (Å²) < 4.78 is 12.4. The molecule has 2 N–H and O–H groups in total. The van der Waals surface area contributed by atoms with E-state index >= 15 is 0 Å². The standard InChI is InChI=1S/C39H34ClN5O4/c40-34-13-6-4-12-32(34)26-42-38(47)39(25-31-11-5-7-14-35(31)44-45-41)36(29-17-15-28(16-18-29)27-9-2-1-3-10-27)49-37(43-39)30-19-21-33(22-20-30)48-24-8-23-46/h1-7,9-22,36,46H,8,23-26H2,(H,42,47)/t36-,39-/m1/s1. The second-order valence-electron chi connectivity index (χ2n) is 11.5. The number of benzene rings is 5. The maximum absolute atomic E-state index is 14.7. The normalized spacial score (nSPS) is 16.6. The Hall–Kier alpha value is -5.60. The zero-order valence-electron chi connectivity index (χ0n) is 26.6. The van der Waals surface area contributed by atoms with Crippen LogP contribution in [0.1, 0.15) is 34.8 Å². The summed E-state index contributed by atoms with van der Waals surface area (Å²) in [6.45, 7) is 0.593. The van der Waals surface area contributed by atoms with Gasteiger partial charge in [-0.3, -0.25) is 4.79 Å². The molecule has 2 atom stereocenters. The van der Waals surface area contributed by atoms with Gasteiger partial charge in [0, 0.05) is 47.2 Å². The van der Waals surface area contributed by atoms with E-state index in [1.54, 1.807) is 30.3 Å². The van der Waals surface area contributed by atoms with E-state index in [9.17, 15) is 10.3 Å². The Kier molecular flexibility index (Phi) is 10.6. The largest absolute Gasteiger partial charge is 0.494 e. The fraction of sp³-hybridized carbons (Fsp3) is 0.179. The summed E-state index contributed by atoms with van der Waals surface area (Å²) in [5, 5.41) is 16.7. The van der Waals surface area contributed by atoms with E-state index in [4.69, 9.17) is 31.2 Å². The third kappa shape index (κ3) is 7.60. The van der Waals surface area contributed by atoms with Crippen molar-refractivity contribution in [3.05, 3.63) is 165 Å². The van der Waals surface area contributed by atoms with Crippen LogP contribution in [0.3, 0.4) is 0 Å². The van der Waals surface area contributed by atoms with Crippen LogP contribution in [0.15, 0.2) is 138 Å². The number of azide groups is 1. The Morgan fingerprint density at radius 1 is 0.878 bits per heavy atom. The van der Waals surface area contributed by atoms with Crippen LogP contribution in [-0.4, -0.2) is 35.7 Å². The molecular formula is C39H34ClN5O4. The van der Waals surface area contributed by atoms with Crippen LogP contribution in [0.5, 0.6) is 5.75 Å². The van der Waals surface area contributed by atoms with Gasteiger partial charge in [-0.1, -0.05) is 114 Å². The van der Waals surface area contributed by atoms with Gasteiger partial charge in [-0.15, -0.1) is 0 Å².